The van der Waals surface area contributed by atoms with Crippen molar-refractivity contribution in [2.24, 2.45) is 0 Å². The predicted molar refractivity (Wildman–Crippen MR) is 61.3 cm³/mol. The minimum Gasteiger partial charge on any atom is -0.490 e. The molecule has 0 bridgehead atoms. The molecule has 1 aromatic carbocycles. The van der Waals surface area contributed by atoms with Gasteiger partial charge in [-0.2, -0.15) is 0 Å². The van der Waals surface area contributed by atoms with Gasteiger partial charge in [0.15, 0.2) is 0 Å². The highest BCUT2D eigenvalue weighted by molar-refractivity contribution is 9.09. The summed E-state index contributed by atoms with van der Waals surface area (Å²) >= 11 is 3.26. The van der Waals surface area contributed by atoms with Gasteiger partial charge in [0, 0.05) is 12.3 Å². The third kappa shape index (κ3) is 4.83. The van der Waals surface area contributed by atoms with Crippen molar-refractivity contribution in [3.05, 3.63) is 30.3 Å². The van der Waals surface area contributed by atoms with Crippen molar-refractivity contribution in [1.82, 2.24) is 0 Å². The third-order valence-corrected chi connectivity index (χ3v) is 2.41. The Morgan fingerprint density at radius 2 is 2.07 bits per heavy atom. The van der Waals surface area contributed by atoms with Crippen molar-refractivity contribution >= 4 is 21.9 Å². The van der Waals surface area contributed by atoms with Crippen LogP contribution in [0, 0.1) is 0 Å². The van der Waals surface area contributed by atoms with E-state index in [2.05, 4.69) is 15.9 Å². The molecule has 0 N–H and O–H groups in total. The molecule has 1 unspecified atom stereocenters. The number of esters is 1. The molecule has 82 valence electrons. The summed E-state index contributed by atoms with van der Waals surface area (Å²) in [6.45, 7) is 1.74. The van der Waals surface area contributed by atoms with Crippen LogP contribution < -0.4 is 4.74 Å². The molecular formula is C11H13BrO3. The smallest absolute Gasteiger partial charge is 0.303 e. The number of halogens is 1. The zero-order valence-corrected chi connectivity index (χ0v) is 10.1. The van der Waals surface area contributed by atoms with Crippen LogP contribution >= 0.6 is 15.9 Å². The van der Waals surface area contributed by atoms with Gasteiger partial charge in [-0.1, -0.05) is 34.1 Å². The van der Waals surface area contributed by atoms with Gasteiger partial charge in [-0.25, -0.2) is 0 Å². The zero-order chi connectivity index (χ0) is 11.1. The van der Waals surface area contributed by atoms with E-state index in [4.69, 9.17) is 9.47 Å². The van der Waals surface area contributed by atoms with E-state index in [0.717, 1.165) is 5.75 Å². The maximum Gasteiger partial charge on any atom is 0.303 e. The fourth-order valence-corrected chi connectivity index (χ4v) is 1.37. The number of carbonyl (C=O) groups is 1. The minimum atomic E-state index is -0.295. The second kappa shape index (κ2) is 6.45. The number of hydrogen-bond donors (Lipinski definition) is 0. The van der Waals surface area contributed by atoms with E-state index in [-0.39, 0.29) is 12.1 Å². The standard InChI is InChI=1S/C11H13BrO3/c1-9(13)15-11(7-12)8-14-10-5-3-2-4-6-10/h2-6,11H,7-8H2,1H3. The van der Waals surface area contributed by atoms with Crippen molar-refractivity contribution in [3.8, 4) is 5.75 Å². The second-order valence-electron chi connectivity index (χ2n) is 3.01. The highest BCUT2D eigenvalue weighted by Gasteiger charge is 2.10. The molecule has 15 heavy (non-hydrogen) atoms. The molecule has 0 aliphatic rings. The predicted octanol–water partition coefficient (Wildman–Crippen LogP) is 2.39. The Kier molecular flexibility index (Phi) is 5.18. The van der Waals surface area contributed by atoms with E-state index in [1.165, 1.54) is 6.92 Å². The molecule has 0 aliphatic heterocycles. The average molecular weight is 273 g/mol. The van der Waals surface area contributed by atoms with Crippen LogP contribution in [0.1, 0.15) is 6.92 Å². The fourth-order valence-electron chi connectivity index (χ4n) is 1.05. The van der Waals surface area contributed by atoms with Crippen LogP contribution in [0.2, 0.25) is 0 Å². The summed E-state index contributed by atoms with van der Waals surface area (Å²) in [6.07, 6.45) is -0.247. The monoisotopic (exact) mass is 272 g/mol. The zero-order valence-electron chi connectivity index (χ0n) is 8.48. The molecular weight excluding hydrogens is 260 g/mol. The van der Waals surface area contributed by atoms with Crippen LogP contribution in [0.5, 0.6) is 5.75 Å². The Balaban J connectivity index is 2.37. The molecule has 1 rings (SSSR count). The number of hydrogen-bond acceptors (Lipinski definition) is 3. The number of ether oxygens (including phenoxy) is 2. The Morgan fingerprint density at radius 1 is 1.40 bits per heavy atom. The lowest BCUT2D eigenvalue weighted by atomic mass is 10.3. The quantitative estimate of drug-likeness (QED) is 0.610. The first-order chi connectivity index (χ1) is 7.22. The van der Waals surface area contributed by atoms with Crippen LogP contribution in [0.4, 0.5) is 0 Å². The van der Waals surface area contributed by atoms with E-state index in [1.807, 2.05) is 30.3 Å². The first-order valence-corrected chi connectivity index (χ1v) is 5.75. The maximum atomic E-state index is 10.7. The molecule has 0 spiro atoms. The second-order valence-corrected chi connectivity index (χ2v) is 3.66. The summed E-state index contributed by atoms with van der Waals surface area (Å²) in [5, 5.41) is 0.569. The number of para-hydroxylation sites is 1. The van der Waals surface area contributed by atoms with Gasteiger partial charge < -0.3 is 9.47 Å². The Bertz CT molecular complexity index is 300. The van der Waals surface area contributed by atoms with Crippen LogP contribution in [-0.2, 0) is 9.53 Å². The minimum absolute atomic E-state index is 0.247. The first-order valence-electron chi connectivity index (χ1n) is 4.63. The molecule has 3 nitrogen and oxygen atoms in total. The van der Waals surface area contributed by atoms with Crippen LogP contribution in [0.3, 0.4) is 0 Å². The van der Waals surface area contributed by atoms with Gasteiger partial charge in [0.25, 0.3) is 0 Å². The molecule has 0 aliphatic carbocycles. The molecule has 0 heterocycles. The van der Waals surface area contributed by atoms with E-state index >= 15 is 0 Å². The first kappa shape index (κ1) is 12.0. The lowest BCUT2D eigenvalue weighted by Gasteiger charge is -2.15. The number of carbonyl (C=O) groups excluding carboxylic acids is 1. The normalized spacial score (nSPS) is 11.9. The largest absolute Gasteiger partial charge is 0.490 e. The molecule has 1 aromatic rings. The van der Waals surface area contributed by atoms with Crippen molar-refractivity contribution in [3.63, 3.8) is 0 Å². The Hall–Kier alpha value is -1.03. The van der Waals surface area contributed by atoms with E-state index < -0.39 is 0 Å². The highest BCUT2D eigenvalue weighted by atomic mass is 79.9. The number of alkyl halides is 1. The van der Waals surface area contributed by atoms with Gasteiger partial charge >= 0.3 is 5.97 Å². The van der Waals surface area contributed by atoms with Crippen LogP contribution in [0.25, 0.3) is 0 Å². The van der Waals surface area contributed by atoms with Gasteiger partial charge in [0.1, 0.15) is 18.5 Å². The lowest BCUT2D eigenvalue weighted by Crippen LogP contribution is -2.25. The summed E-state index contributed by atoms with van der Waals surface area (Å²) in [4.78, 5) is 10.7. The average Bonchev–Trinajstić information content (AvgIpc) is 2.25. The molecule has 4 heteroatoms. The van der Waals surface area contributed by atoms with Gasteiger partial charge in [-0.3, -0.25) is 4.79 Å². The molecule has 0 amide bonds. The van der Waals surface area contributed by atoms with Gasteiger partial charge in [-0.15, -0.1) is 0 Å². The van der Waals surface area contributed by atoms with Crippen molar-refractivity contribution in [2.75, 3.05) is 11.9 Å². The van der Waals surface area contributed by atoms with E-state index in [1.54, 1.807) is 0 Å². The fraction of sp³-hybridized carbons (Fsp3) is 0.364. The van der Waals surface area contributed by atoms with Crippen molar-refractivity contribution in [1.29, 1.82) is 0 Å². The van der Waals surface area contributed by atoms with Crippen molar-refractivity contribution in [2.45, 2.75) is 13.0 Å². The van der Waals surface area contributed by atoms with E-state index in [9.17, 15) is 4.79 Å². The SMILES string of the molecule is CC(=O)OC(CBr)COc1ccccc1. The summed E-state index contributed by atoms with van der Waals surface area (Å²) in [7, 11) is 0. The lowest BCUT2D eigenvalue weighted by molar-refractivity contribution is -0.146. The van der Waals surface area contributed by atoms with Crippen molar-refractivity contribution < 1.29 is 14.3 Å². The Labute approximate surface area is 97.5 Å². The van der Waals surface area contributed by atoms with Gasteiger partial charge in [-0.05, 0) is 12.1 Å². The maximum absolute atomic E-state index is 10.7. The van der Waals surface area contributed by atoms with Crippen LogP contribution in [-0.4, -0.2) is 24.0 Å². The van der Waals surface area contributed by atoms with Gasteiger partial charge in [0.05, 0.1) is 0 Å². The molecule has 0 saturated carbocycles. The molecule has 0 saturated heterocycles. The number of rotatable bonds is 5. The Morgan fingerprint density at radius 3 is 2.60 bits per heavy atom. The highest BCUT2D eigenvalue weighted by Crippen LogP contribution is 2.10. The van der Waals surface area contributed by atoms with Gasteiger partial charge in [0.2, 0.25) is 0 Å². The van der Waals surface area contributed by atoms with E-state index in [0.29, 0.717) is 11.9 Å². The van der Waals surface area contributed by atoms with Crippen LogP contribution in [0.15, 0.2) is 30.3 Å². The summed E-state index contributed by atoms with van der Waals surface area (Å²) in [5.41, 5.74) is 0. The summed E-state index contributed by atoms with van der Waals surface area (Å²) in [6, 6.07) is 9.42. The summed E-state index contributed by atoms with van der Waals surface area (Å²) < 4.78 is 10.5. The molecule has 0 fully saturated rings. The molecule has 1 atom stereocenters. The number of benzene rings is 1. The topological polar surface area (TPSA) is 35.5 Å². The summed E-state index contributed by atoms with van der Waals surface area (Å²) in [5.74, 6) is 0.478. The molecule has 0 radical (unpaired) electrons. The third-order valence-electron chi connectivity index (χ3n) is 1.68. The molecule has 0 aromatic heterocycles.